The molecule has 7 nitrogen and oxygen atoms in total. The van der Waals surface area contributed by atoms with E-state index in [9.17, 15) is 26.7 Å². The van der Waals surface area contributed by atoms with E-state index in [2.05, 4.69) is 19.9 Å². The van der Waals surface area contributed by atoms with Gasteiger partial charge in [-0.2, -0.15) is 13.2 Å². The summed E-state index contributed by atoms with van der Waals surface area (Å²) >= 11 is 0. The number of nitrogens with one attached hydrogen (secondary N) is 2. The second kappa shape index (κ2) is 7.18. The van der Waals surface area contributed by atoms with E-state index in [-0.39, 0.29) is 13.1 Å². The number of carbonyl (C=O) groups is 1. The predicted octanol–water partition coefficient (Wildman–Crippen LogP) is 3.16. The Kier molecular flexibility index (Phi) is 4.79. The molecule has 0 unspecified atom stereocenters. The van der Waals surface area contributed by atoms with Crippen molar-refractivity contribution in [3.8, 4) is 11.4 Å². The van der Waals surface area contributed by atoms with E-state index >= 15 is 0 Å². The number of amides is 1. The molecule has 1 aliphatic rings. The van der Waals surface area contributed by atoms with Crippen LogP contribution in [-0.4, -0.2) is 57.1 Å². The van der Waals surface area contributed by atoms with Crippen molar-refractivity contribution in [3.05, 3.63) is 36.8 Å². The summed E-state index contributed by atoms with van der Waals surface area (Å²) in [5, 5.41) is 2.38. The smallest absolute Gasteiger partial charge is 0.345 e. The highest BCUT2D eigenvalue weighted by Crippen LogP contribution is 2.36. The lowest BCUT2D eigenvalue weighted by atomic mass is 10.1. The van der Waals surface area contributed by atoms with E-state index in [0.717, 1.165) is 4.90 Å². The van der Waals surface area contributed by atoms with Gasteiger partial charge in [-0.3, -0.25) is 4.79 Å². The van der Waals surface area contributed by atoms with Crippen molar-refractivity contribution in [1.29, 1.82) is 0 Å². The first-order chi connectivity index (χ1) is 14.1. The van der Waals surface area contributed by atoms with Gasteiger partial charge in [0.2, 0.25) is 5.91 Å². The second-order valence-corrected chi connectivity index (χ2v) is 6.88. The van der Waals surface area contributed by atoms with Crippen LogP contribution < -0.4 is 10.2 Å². The van der Waals surface area contributed by atoms with E-state index < -0.39 is 43.6 Å². The minimum absolute atomic E-state index is 0. The van der Waals surface area contributed by atoms with Crippen LogP contribution in [-0.2, 0) is 4.79 Å². The van der Waals surface area contributed by atoms with Gasteiger partial charge in [0.15, 0.2) is 5.82 Å². The van der Waals surface area contributed by atoms with Crippen LogP contribution in [0.3, 0.4) is 0 Å². The van der Waals surface area contributed by atoms with Gasteiger partial charge in [-0.15, -0.1) is 0 Å². The Hall–Kier alpha value is -3.31. The molecule has 1 atom stereocenters. The molecule has 0 bridgehead atoms. The van der Waals surface area contributed by atoms with Gasteiger partial charge >= 0.3 is 6.18 Å². The molecule has 1 saturated heterocycles. The number of carbonyl (C=O) groups excluding carboxylic acids is 1. The number of nitrogens with zero attached hydrogens (tertiary/aromatic N) is 4. The molecule has 3 aromatic heterocycles. The summed E-state index contributed by atoms with van der Waals surface area (Å²) in [5.74, 6) is -4.17. The normalized spacial score (nSPS) is 18.7. The molecular formula is C18H17F5N6O. The summed E-state index contributed by atoms with van der Waals surface area (Å²) in [6, 6.07) is 3.34. The molecule has 4 rings (SSSR count). The fraction of sp³-hybridized carbons (Fsp3) is 0.333. The molecule has 0 radical (unpaired) electrons. The number of anilines is 1. The van der Waals surface area contributed by atoms with Crippen LogP contribution in [0.4, 0.5) is 27.8 Å². The Morgan fingerprint density at radius 2 is 2.10 bits per heavy atom. The highest BCUT2D eigenvalue weighted by Gasteiger charge is 2.49. The maximum Gasteiger partial charge on any atom is 0.405 e. The predicted molar refractivity (Wildman–Crippen MR) is 99.0 cm³/mol. The quantitative estimate of drug-likeness (QED) is 0.624. The Balaban J connectivity index is 0.00000272. The first kappa shape index (κ1) is 20.0. The van der Waals surface area contributed by atoms with Gasteiger partial charge in [0.1, 0.15) is 24.1 Å². The highest BCUT2D eigenvalue weighted by molar-refractivity contribution is 5.91. The van der Waals surface area contributed by atoms with E-state index in [1.54, 1.807) is 29.8 Å². The van der Waals surface area contributed by atoms with Crippen LogP contribution in [0.2, 0.25) is 0 Å². The maximum absolute atomic E-state index is 14.0. The number of pyridine rings is 1. The van der Waals surface area contributed by atoms with E-state index in [1.165, 1.54) is 12.3 Å². The number of aromatic nitrogens is 4. The van der Waals surface area contributed by atoms with E-state index in [1.807, 2.05) is 0 Å². The number of H-pyrrole nitrogens is 1. The van der Waals surface area contributed by atoms with Crippen molar-refractivity contribution in [1.82, 2.24) is 25.3 Å². The standard InChI is InChI=1S/C18H15F5N6O.H2/c19-17(20)6-12(16(30)27-8-18(21,22)23)29(9-17)13-3-5-25-15(28-13)11-7-26-14-10(11)2-1-4-24-14;/h1-5,7,12H,6,8-9H2,(H,24,26)(H,27,30);1H/t12-;/m1./s1. The first-order valence-electron chi connectivity index (χ1n) is 8.87. The fourth-order valence-corrected chi connectivity index (χ4v) is 3.38. The van der Waals surface area contributed by atoms with Gasteiger partial charge in [-0.05, 0) is 18.2 Å². The largest absolute Gasteiger partial charge is 0.405 e. The van der Waals surface area contributed by atoms with Crippen molar-refractivity contribution < 1.29 is 28.2 Å². The summed E-state index contributed by atoms with van der Waals surface area (Å²) < 4.78 is 65.3. The molecule has 160 valence electrons. The Morgan fingerprint density at radius 3 is 2.87 bits per heavy atom. The summed E-state index contributed by atoms with van der Waals surface area (Å²) in [7, 11) is 0. The SMILES string of the molecule is O=C(NCC(F)(F)F)[C@H]1CC(F)(F)CN1c1ccnc(-c2c[nH]c3ncccc23)n1.[HH]. The van der Waals surface area contributed by atoms with Crippen LogP contribution in [0.15, 0.2) is 36.8 Å². The molecular weight excluding hydrogens is 411 g/mol. The summed E-state index contributed by atoms with van der Waals surface area (Å²) in [5.41, 5.74) is 1.16. The Labute approximate surface area is 167 Å². The number of alkyl halides is 5. The van der Waals surface area contributed by atoms with Crippen LogP contribution in [0, 0.1) is 0 Å². The second-order valence-electron chi connectivity index (χ2n) is 6.88. The molecule has 3 aromatic rings. The van der Waals surface area contributed by atoms with Gasteiger partial charge in [-0.1, -0.05) is 0 Å². The molecule has 2 N–H and O–H groups in total. The van der Waals surface area contributed by atoms with Crippen LogP contribution >= 0.6 is 0 Å². The fourth-order valence-electron chi connectivity index (χ4n) is 3.38. The number of rotatable bonds is 4. The maximum atomic E-state index is 14.0. The molecule has 30 heavy (non-hydrogen) atoms. The topological polar surface area (TPSA) is 86.8 Å². The molecule has 12 heteroatoms. The van der Waals surface area contributed by atoms with Gasteiger partial charge < -0.3 is 15.2 Å². The molecule has 0 aliphatic carbocycles. The molecule has 4 heterocycles. The zero-order valence-corrected chi connectivity index (χ0v) is 15.2. The minimum atomic E-state index is -4.65. The highest BCUT2D eigenvalue weighted by atomic mass is 19.4. The molecule has 0 aromatic carbocycles. The van der Waals surface area contributed by atoms with Crippen LogP contribution in [0.1, 0.15) is 7.85 Å². The number of halogens is 5. The monoisotopic (exact) mass is 428 g/mol. The van der Waals surface area contributed by atoms with Gasteiger partial charge in [0.05, 0.1) is 6.54 Å². The summed E-state index contributed by atoms with van der Waals surface area (Å²) in [6.07, 6.45) is -1.01. The zero-order chi connectivity index (χ0) is 21.5. The van der Waals surface area contributed by atoms with Crippen LogP contribution in [0.5, 0.6) is 0 Å². The Morgan fingerprint density at radius 1 is 1.30 bits per heavy atom. The Bertz CT molecular complexity index is 1090. The molecule has 0 spiro atoms. The van der Waals surface area contributed by atoms with Gasteiger partial charge in [-0.25, -0.2) is 23.7 Å². The first-order valence-corrected chi connectivity index (χ1v) is 8.87. The third-order valence-corrected chi connectivity index (χ3v) is 4.66. The van der Waals surface area contributed by atoms with E-state index in [4.69, 9.17) is 0 Å². The third kappa shape index (κ3) is 4.02. The van der Waals surface area contributed by atoms with Gasteiger partial charge in [0.25, 0.3) is 5.92 Å². The zero-order valence-electron chi connectivity index (χ0n) is 15.2. The lowest BCUT2D eigenvalue weighted by Crippen LogP contribution is -2.46. The number of hydrogen-bond acceptors (Lipinski definition) is 5. The van der Waals surface area contributed by atoms with E-state index in [0.29, 0.717) is 16.6 Å². The van der Waals surface area contributed by atoms with Crippen molar-refractivity contribution in [3.63, 3.8) is 0 Å². The minimum Gasteiger partial charge on any atom is -0.345 e. The number of fused-ring (bicyclic) bond motifs is 1. The number of aromatic amines is 1. The number of hydrogen-bond donors (Lipinski definition) is 2. The van der Waals surface area contributed by atoms with Crippen LogP contribution in [0.25, 0.3) is 22.4 Å². The lowest BCUT2D eigenvalue weighted by molar-refractivity contribution is -0.139. The average Bonchev–Trinajstić information content (AvgIpc) is 3.26. The summed E-state index contributed by atoms with van der Waals surface area (Å²) in [6.45, 7) is -2.44. The molecule has 1 fully saturated rings. The molecule has 1 amide bonds. The third-order valence-electron chi connectivity index (χ3n) is 4.66. The van der Waals surface area contributed by atoms with Crippen molar-refractivity contribution >= 4 is 22.8 Å². The van der Waals surface area contributed by atoms with Gasteiger partial charge in [0, 0.05) is 37.4 Å². The van der Waals surface area contributed by atoms with Crippen molar-refractivity contribution in [2.45, 2.75) is 24.6 Å². The van der Waals surface area contributed by atoms with Crippen molar-refractivity contribution in [2.24, 2.45) is 0 Å². The summed E-state index contributed by atoms with van der Waals surface area (Å²) in [4.78, 5) is 28.8. The molecule has 0 saturated carbocycles. The molecule has 1 aliphatic heterocycles. The lowest BCUT2D eigenvalue weighted by Gasteiger charge is -2.24. The average molecular weight is 428 g/mol. The van der Waals surface area contributed by atoms with Crippen molar-refractivity contribution in [2.75, 3.05) is 18.0 Å².